The van der Waals surface area contributed by atoms with Gasteiger partial charge in [-0.2, -0.15) is 23.6 Å². The predicted octanol–water partition coefficient (Wildman–Crippen LogP) is 2.45. The van der Waals surface area contributed by atoms with E-state index in [-0.39, 0.29) is 31.1 Å². The van der Waals surface area contributed by atoms with Crippen LogP contribution in [0.25, 0.3) is 10.9 Å². The number of nitrogens with one attached hydrogen (secondary N) is 1. The lowest BCUT2D eigenvalue weighted by Crippen LogP contribution is -2.30. The number of nitrogens with zero attached hydrogens (tertiary/aromatic N) is 5. The predicted molar refractivity (Wildman–Crippen MR) is 126 cm³/mol. The van der Waals surface area contributed by atoms with E-state index in [1.54, 1.807) is 4.68 Å². The number of carbonyl (C=O) groups is 1. The van der Waals surface area contributed by atoms with Crippen molar-refractivity contribution in [2.45, 2.75) is 31.7 Å². The van der Waals surface area contributed by atoms with Crippen LogP contribution < -0.4 is 20.9 Å². The van der Waals surface area contributed by atoms with Gasteiger partial charge in [-0.05, 0) is 37.8 Å². The number of rotatable bonds is 4. The number of anilines is 3. The summed E-state index contributed by atoms with van der Waals surface area (Å²) in [5, 5.41) is 8.58. The zero-order chi connectivity index (χ0) is 20.7. The third-order valence-electron chi connectivity index (χ3n) is 5.90. The average molecular weight is 444 g/mol. The summed E-state index contributed by atoms with van der Waals surface area (Å²) >= 11 is 0. The lowest BCUT2D eigenvalue weighted by molar-refractivity contribution is 0.102. The van der Waals surface area contributed by atoms with Gasteiger partial charge in [0, 0.05) is 50.9 Å². The van der Waals surface area contributed by atoms with Gasteiger partial charge in [-0.25, -0.2) is 0 Å². The van der Waals surface area contributed by atoms with E-state index in [9.17, 15) is 4.79 Å². The molecule has 5 rings (SSSR count). The minimum absolute atomic E-state index is 0. The molecular formula is C21H29N7O2S. The Morgan fingerprint density at radius 1 is 1.19 bits per heavy atom. The van der Waals surface area contributed by atoms with Crippen molar-refractivity contribution in [3.8, 4) is 0 Å². The second-order valence-electron chi connectivity index (χ2n) is 8.24. The third kappa shape index (κ3) is 4.35. The largest absolute Gasteiger partial charge is 0.431 e. The van der Waals surface area contributed by atoms with Gasteiger partial charge in [0.1, 0.15) is 6.26 Å². The molecule has 31 heavy (non-hydrogen) atoms. The molecule has 1 aromatic carbocycles. The lowest BCUT2D eigenvalue weighted by Gasteiger charge is -2.30. The normalized spacial score (nSPS) is 19.0. The maximum atomic E-state index is 13.0. The van der Waals surface area contributed by atoms with Gasteiger partial charge in [0.15, 0.2) is 5.69 Å². The van der Waals surface area contributed by atoms with E-state index in [0.717, 1.165) is 61.2 Å². The van der Waals surface area contributed by atoms with E-state index in [4.69, 9.17) is 10.2 Å². The summed E-state index contributed by atoms with van der Waals surface area (Å²) in [6.45, 7) is 3.44. The van der Waals surface area contributed by atoms with E-state index in [1.807, 2.05) is 24.2 Å². The van der Waals surface area contributed by atoms with Crippen LogP contribution in [-0.2, 0) is 7.05 Å². The van der Waals surface area contributed by atoms with Crippen molar-refractivity contribution in [2.75, 3.05) is 41.3 Å². The first kappa shape index (κ1) is 21.5. The van der Waals surface area contributed by atoms with Crippen molar-refractivity contribution >= 4 is 47.7 Å². The minimum Gasteiger partial charge on any atom is -0.431 e. The number of hydrogen-bond donors (Lipinski definition) is 2. The average Bonchev–Trinajstić information content (AvgIpc) is 3.46. The first-order chi connectivity index (χ1) is 14.6. The molecule has 10 heteroatoms. The summed E-state index contributed by atoms with van der Waals surface area (Å²) in [7, 11) is 1.90. The maximum absolute atomic E-state index is 13.0. The van der Waals surface area contributed by atoms with Crippen LogP contribution >= 0.6 is 13.5 Å². The third-order valence-corrected chi connectivity index (χ3v) is 5.90. The first-order valence-electron chi connectivity index (χ1n) is 10.6. The van der Waals surface area contributed by atoms with Crippen LogP contribution in [-0.4, -0.2) is 52.9 Å². The lowest BCUT2D eigenvalue weighted by atomic mass is 10.1. The van der Waals surface area contributed by atoms with E-state index in [2.05, 4.69) is 26.4 Å². The summed E-state index contributed by atoms with van der Waals surface area (Å²) in [4.78, 5) is 21.7. The van der Waals surface area contributed by atoms with E-state index in [1.165, 1.54) is 12.7 Å². The fourth-order valence-corrected chi connectivity index (χ4v) is 4.34. The molecule has 0 unspecified atom stereocenters. The molecule has 0 spiro atoms. The van der Waals surface area contributed by atoms with Crippen molar-refractivity contribution < 1.29 is 9.21 Å². The van der Waals surface area contributed by atoms with Gasteiger partial charge in [-0.15, -0.1) is 0 Å². The highest BCUT2D eigenvalue weighted by molar-refractivity contribution is 7.59. The van der Waals surface area contributed by atoms with Gasteiger partial charge in [0.25, 0.3) is 11.9 Å². The second-order valence-corrected chi connectivity index (χ2v) is 8.24. The molecule has 166 valence electrons. The number of aryl methyl sites for hydroxylation is 1. The maximum Gasteiger partial charge on any atom is 0.298 e. The summed E-state index contributed by atoms with van der Waals surface area (Å²) < 4.78 is 7.34. The van der Waals surface area contributed by atoms with Gasteiger partial charge in [-0.3, -0.25) is 9.48 Å². The van der Waals surface area contributed by atoms with Crippen molar-refractivity contribution in [3.05, 3.63) is 30.3 Å². The second kappa shape index (κ2) is 8.80. The Morgan fingerprint density at radius 3 is 2.74 bits per heavy atom. The standard InChI is InChI=1S/C21H27N7O2.H2S/c1-26-11-14-9-17(19(10-16(14)25-26)27-6-3-2-4-7-27)23-20(29)18-13-30-21(24-18)28-8-5-15(22)12-28;/h9-11,13,15H,2-8,12,22H2,1H3,(H,23,29);1H2/t15-;/m0./s1. The molecule has 0 bridgehead atoms. The summed E-state index contributed by atoms with van der Waals surface area (Å²) in [6, 6.07) is 4.63. The summed E-state index contributed by atoms with van der Waals surface area (Å²) in [5.74, 6) is -0.282. The van der Waals surface area contributed by atoms with Crippen LogP contribution in [0.2, 0.25) is 0 Å². The molecule has 4 heterocycles. The van der Waals surface area contributed by atoms with Gasteiger partial charge < -0.3 is 25.3 Å². The first-order valence-corrected chi connectivity index (χ1v) is 10.6. The number of benzene rings is 1. The van der Waals surface area contributed by atoms with E-state index in [0.29, 0.717) is 12.6 Å². The Morgan fingerprint density at radius 2 is 2.00 bits per heavy atom. The Balaban J connectivity index is 0.00000231. The van der Waals surface area contributed by atoms with Gasteiger partial charge in [-0.1, -0.05) is 0 Å². The number of amides is 1. The Labute approximate surface area is 188 Å². The minimum atomic E-state index is -0.282. The Kier molecular flexibility index (Phi) is 6.10. The molecule has 2 fully saturated rings. The fourth-order valence-electron chi connectivity index (χ4n) is 4.34. The molecule has 1 amide bonds. The van der Waals surface area contributed by atoms with Crippen LogP contribution in [0.1, 0.15) is 36.2 Å². The smallest absolute Gasteiger partial charge is 0.298 e. The van der Waals surface area contributed by atoms with Crippen molar-refractivity contribution in [3.63, 3.8) is 0 Å². The number of fused-ring (bicyclic) bond motifs is 1. The molecule has 2 aliphatic heterocycles. The van der Waals surface area contributed by atoms with Crippen LogP contribution in [0, 0.1) is 0 Å². The van der Waals surface area contributed by atoms with Crippen molar-refractivity contribution in [2.24, 2.45) is 12.8 Å². The fraction of sp³-hybridized carbons (Fsp3) is 0.476. The van der Waals surface area contributed by atoms with Crippen molar-refractivity contribution in [1.82, 2.24) is 14.8 Å². The van der Waals surface area contributed by atoms with Crippen LogP contribution in [0.3, 0.4) is 0 Å². The monoisotopic (exact) mass is 443 g/mol. The van der Waals surface area contributed by atoms with Crippen LogP contribution in [0.15, 0.2) is 29.0 Å². The Hall–Kier alpha value is -2.72. The number of hydrogen-bond acceptors (Lipinski definition) is 7. The van der Waals surface area contributed by atoms with Crippen LogP contribution in [0.4, 0.5) is 17.4 Å². The number of oxazole rings is 1. The van der Waals surface area contributed by atoms with E-state index < -0.39 is 0 Å². The summed E-state index contributed by atoms with van der Waals surface area (Å²) in [5.41, 5.74) is 8.93. The van der Waals surface area contributed by atoms with Gasteiger partial charge >= 0.3 is 0 Å². The quantitative estimate of drug-likeness (QED) is 0.638. The van der Waals surface area contributed by atoms with Crippen molar-refractivity contribution in [1.29, 1.82) is 0 Å². The molecule has 2 aliphatic rings. The number of carbonyl (C=O) groups excluding carboxylic acids is 1. The molecule has 0 saturated carbocycles. The zero-order valence-corrected chi connectivity index (χ0v) is 18.7. The Bertz CT molecular complexity index is 1070. The van der Waals surface area contributed by atoms with Gasteiger partial charge in [0.2, 0.25) is 0 Å². The molecule has 2 saturated heterocycles. The van der Waals surface area contributed by atoms with Crippen LogP contribution in [0.5, 0.6) is 0 Å². The highest BCUT2D eigenvalue weighted by Crippen LogP contribution is 2.33. The van der Waals surface area contributed by atoms with Gasteiger partial charge in [0.05, 0.1) is 16.9 Å². The molecule has 0 aliphatic carbocycles. The molecule has 2 aromatic heterocycles. The molecule has 9 nitrogen and oxygen atoms in total. The highest BCUT2D eigenvalue weighted by Gasteiger charge is 2.25. The zero-order valence-electron chi connectivity index (χ0n) is 17.7. The molecule has 0 radical (unpaired) electrons. The SMILES string of the molecule is Cn1cc2cc(NC(=O)c3coc(N4CC[C@H](N)C4)n3)c(N3CCCCC3)cc2n1.S. The number of piperidine rings is 1. The molecule has 1 atom stereocenters. The number of aromatic nitrogens is 3. The summed E-state index contributed by atoms with van der Waals surface area (Å²) in [6.07, 6.45) is 7.81. The molecule has 3 aromatic rings. The molecular weight excluding hydrogens is 414 g/mol. The number of nitrogens with two attached hydrogens (primary N) is 1. The molecule has 3 N–H and O–H groups in total. The highest BCUT2D eigenvalue weighted by atomic mass is 32.1. The topological polar surface area (TPSA) is 105 Å². The van der Waals surface area contributed by atoms with E-state index >= 15 is 0 Å².